The van der Waals surface area contributed by atoms with Crippen LogP contribution in [0, 0.1) is 5.92 Å². The topological polar surface area (TPSA) is 113 Å². The van der Waals surface area contributed by atoms with Crippen LogP contribution in [0.15, 0.2) is 0 Å². The van der Waals surface area contributed by atoms with Gasteiger partial charge in [-0.15, -0.1) is 0 Å². The lowest BCUT2D eigenvalue weighted by Gasteiger charge is -2.30. The Hall–Kier alpha value is -1.19. The van der Waals surface area contributed by atoms with Crippen molar-refractivity contribution in [3.63, 3.8) is 0 Å². The summed E-state index contributed by atoms with van der Waals surface area (Å²) in [6.07, 6.45) is 0.786. The highest BCUT2D eigenvalue weighted by atomic mass is 32.2. The number of amides is 1. The van der Waals surface area contributed by atoms with Crippen LogP contribution in [0.1, 0.15) is 19.8 Å². The molecule has 9 heteroatoms. The Balaban J connectivity index is 2.54. The highest BCUT2D eigenvalue weighted by molar-refractivity contribution is 7.89. The summed E-state index contributed by atoms with van der Waals surface area (Å²) in [5.41, 5.74) is 0. The lowest BCUT2D eigenvalue weighted by molar-refractivity contribution is -0.144. The van der Waals surface area contributed by atoms with Crippen molar-refractivity contribution in [3.05, 3.63) is 0 Å². The normalized spacial score (nSPS) is 19.1. The Morgan fingerprint density at radius 1 is 1.38 bits per heavy atom. The zero-order chi connectivity index (χ0) is 16.0. The standard InChI is InChI=1S/C12H22N2O6S/c1-3-21(18,19)14-6-4-9(5-7-14)11(15)13-10(8-20-2)12(16)17/h9-10H,3-8H2,1-2H3,(H,13,15)(H,16,17). The minimum absolute atomic E-state index is 0.0405. The zero-order valence-electron chi connectivity index (χ0n) is 12.2. The van der Waals surface area contributed by atoms with Crippen LogP contribution >= 0.6 is 0 Å². The summed E-state index contributed by atoms with van der Waals surface area (Å²) in [4.78, 5) is 23.0. The molecule has 1 rings (SSSR count). The molecule has 1 aliphatic rings. The molecule has 1 amide bonds. The van der Waals surface area contributed by atoms with Gasteiger partial charge >= 0.3 is 5.97 Å². The van der Waals surface area contributed by atoms with E-state index < -0.39 is 22.0 Å². The van der Waals surface area contributed by atoms with Crippen molar-refractivity contribution in [1.82, 2.24) is 9.62 Å². The zero-order valence-corrected chi connectivity index (χ0v) is 13.1. The number of piperidine rings is 1. The number of ether oxygens (including phenoxy) is 1. The number of carboxylic acids is 1. The first-order valence-electron chi connectivity index (χ1n) is 6.81. The van der Waals surface area contributed by atoms with Gasteiger partial charge in [0, 0.05) is 26.1 Å². The van der Waals surface area contributed by atoms with E-state index in [1.807, 2.05) is 0 Å². The first kappa shape index (κ1) is 17.9. The molecule has 8 nitrogen and oxygen atoms in total. The second kappa shape index (κ2) is 7.71. The first-order chi connectivity index (χ1) is 9.81. The number of nitrogens with zero attached hydrogens (tertiary/aromatic N) is 1. The summed E-state index contributed by atoms with van der Waals surface area (Å²) in [6.45, 7) is 2.05. The van der Waals surface area contributed by atoms with Crippen molar-refractivity contribution < 1.29 is 27.9 Å². The Bertz CT molecular complexity index is 470. The third kappa shape index (κ3) is 4.94. The smallest absolute Gasteiger partial charge is 0.328 e. The maximum Gasteiger partial charge on any atom is 0.328 e. The number of rotatable bonds is 7. The van der Waals surface area contributed by atoms with Gasteiger partial charge < -0.3 is 15.2 Å². The van der Waals surface area contributed by atoms with E-state index in [0.717, 1.165) is 0 Å². The minimum Gasteiger partial charge on any atom is -0.480 e. The van der Waals surface area contributed by atoms with E-state index in [4.69, 9.17) is 9.84 Å². The van der Waals surface area contributed by atoms with E-state index in [9.17, 15) is 18.0 Å². The average molecular weight is 322 g/mol. The van der Waals surface area contributed by atoms with Crippen LogP contribution in [-0.2, 0) is 24.3 Å². The van der Waals surface area contributed by atoms with Crippen LogP contribution in [0.3, 0.4) is 0 Å². The van der Waals surface area contributed by atoms with Crippen LogP contribution < -0.4 is 5.32 Å². The van der Waals surface area contributed by atoms with Crippen molar-refractivity contribution in [2.75, 3.05) is 32.6 Å². The quantitative estimate of drug-likeness (QED) is 0.638. The van der Waals surface area contributed by atoms with E-state index in [2.05, 4.69) is 5.32 Å². The van der Waals surface area contributed by atoms with Crippen LogP contribution in [0.5, 0.6) is 0 Å². The largest absolute Gasteiger partial charge is 0.480 e. The molecule has 1 saturated heterocycles. The minimum atomic E-state index is -3.23. The monoisotopic (exact) mass is 322 g/mol. The lowest BCUT2D eigenvalue weighted by atomic mass is 9.97. The molecule has 0 radical (unpaired) electrons. The summed E-state index contributed by atoms with van der Waals surface area (Å²) in [6, 6.07) is -1.08. The number of nitrogens with one attached hydrogen (secondary N) is 1. The Morgan fingerprint density at radius 3 is 2.38 bits per heavy atom. The fourth-order valence-electron chi connectivity index (χ4n) is 2.21. The Labute approximate surface area is 124 Å². The van der Waals surface area contributed by atoms with Crippen LogP contribution in [0.4, 0.5) is 0 Å². The summed E-state index contributed by atoms with van der Waals surface area (Å²) in [7, 11) is -1.87. The molecule has 1 aliphatic heterocycles. The van der Waals surface area contributed by atoms with E-state index in [1.165, 1.54) is 11.4 Å². The Morgan fingerprint density at radius 2 is 1.95 bits per heavy atom. The first-order valence-corrected chi connectivity index (χ1v) is 8.42. The highest BCUT2D eigenvalue weighted by Crippen LogP contribution is 2.20. The van der Waals surface area contributed by atoms with Crippen LogP contribution in [0.2, 0.25) is 0 Å². The number of aliphatic carboxylic acids is 1. The lowest BCUT2D eigenvalue weighted by Crippen LogP contribution is -2.49. The van der Waals surface area contributed by atoms with Gasteiger partial charge in [-0.25, -0.2) is 17.5 Å². The van der Waals surface area contributed by atoms with E-state index in [1.54, 1.807) is 6.92 Å². The second-order valence-corrected chi connectivity index (χ2v) is 7.19. The van der Waals surface area contributed by atoms with E-state index in [-0.39, 0.29) is 37.3 Å². The molecular weight excluding hydrogens is 300 g/mol. The molecule has 21 heavy (non-hydrogen) atoms. The molecule has 0 aliphatic carbocycles. The van der Waals surface area contributed by atoms with Gasteiger partial charge in [-0.2, -0.15) is 0 Å². The predicted molar refractivity (Wildman–Crippen MR) is 75.2 cm³/mol. The number of hydrogen-bond donors (Lipinski definition) is 2. The molecule has 0 saturated carbocycles. The number of carbonyl (C=O) groups excluding carboxylic acids is 1. The van der Waals surface area contributed by atoms with Crippen molar-refractivity contribution in [3.8, 4) is 0 Å². The van der Waals surface area contributed by atoms with E-state index >= 15 is 0 Å². The summed E-state index contributed by atoms with van der Waals surface area (Å²) in [5, 5.41) is 11.4. The number of carboxylic acid groups (broad SMARTS) is 1. The molecule has 0 aromatic heterocycles. The van der Waals surface area contributed by atoms with Gasteiger partial charge in [0.2, 0.25) is 15.9 Å². The molecule has 0 aromatic carbocycles. The summed E-state index contributed by atoms with van der Waals surface area (Å²) >= 11 is 0. The molecule has 0 aromatic rings. The van der Waals surface area contributed by atoms with Gasteiger partial charge in [0.15, 0.2) is 6.04 Å². The maximum absolute atomic E-state index is 12.0. The molecule has 1 fully saturated rings. The van der Waals surface area contributed by atoms with Gasteiger partial charge in [0.25, 0.3) is 0 Å². The summed E-state index contributed by atoms with van der Waals surface area (Å²) < 4.78 is 29.6. The van der Waals surface area contributed by atoms with Gasteiger partial charge in [-0.1, -0.05) is 0 Å². The Kier molecular flexibility index (Phi) is 6.56. The third-order valence-electron chi connectivity index (χ3n) is 3.53. The van der Waals surface area contributed by atoms with E-state index in [0.29, 0.717) is 12.8 Å². The number of sulfonamides is 1. The fourth-order valence-corrected chi connectivity index (χ4v) is 3.34. The predicted octanol–water partition coefficient (Wildman–Crippen LogP) is -0.736. The second-order valence-electron chi connectivity index (χ2n) is 4.93. The van der Waals surface area contributed by atoms with Gasteiger partial charge in [-0.05, 0) is 19.8 Å². The fraction of sp³-hybridized carbons (Fsp3) is 0.833. The van der Waals surface area contributed by atoms with Crippen molar-refractivity contribution >= 4 is 21.9 Å². The summed E-state index contributed by atoms with van der Waals surface area (Å²) in [5.74, 6) is -1.85. The molecule has 0 bridgehead atoms. The molecule has 0 spiro atoms. The van der Waals surface area contributed by atoms with Crippen LogP contribution in [0.25, 0.3) is 0 Å². The average Bonchev–Trinajstić information content (AvgIpc) is 2.46. The van der Waals surface area contributed by atoms with Crippen molar-refractivity contribution in [2.45, 2.75) is 25.8 Å². The molecule has 1 atom stereocenters. The van der Waals surface area contributed by atoms with Crippen molar-refractivity contribution in [1.29, 1.82) is 0 Å². The molecular formula is C12H22N2O6S. The molecule has 1 heterocycles. The SMILES string of the molecule is CCS(=O)(=O)N1CCC(C(=O)NC(COC)C(=O)O)CC1. The molecule has 1 unspecified atom stereocenters. The van der Waals surface area contributed by atoms with Gasteiger partial charge in [0.05, 0.1) is 12.4 Å². The number of hydrogen-bond acceptors (Lipinski definition) is 5. The van der Waals surface area contributed by atoms with Crippen molar-refractivity contribution in [2.24, 2.45) is 5.92 Å². The van der Waals surface area contributed by atoms with Crippen LogP contribution in [-0.4, -0.2) is 68.3 Å². The molecule has 122 valence electrons. The number of carbonyl (C=O) groups is 2. The van der Waals surface area contributed by atoms with Gasteiger partial charge in [-0.3, -0.25) is 4.79 Å². The number of methoxy groups -OCH3 is 1. The highest BCUT2D eigenvalue weighted by Gasteiger charge is 2.31. The maximum atomic E-state index is 12.0. The third-order valence-corrected chi connectivity index (χ3v) is 5.41. The van der Waals surface area contributed by atoms with Gasteiger partial charge in [0.1, 0.15) is 0 Å². The molecule has 2 N–H and O–H groups in total.